The zero-order chi connectivity index (χ0) is 13.0. The van der Waals surface area contributed by atoms with Crippen molar-refractivity contribution in [2.24, 2.45) is 0 Å². The van der Waals surface area contributed by atoms with Gasteiger partial charge in [0.2, 0.25) is 5.91 Å². The van der Waals surface area contributed by atoms with Crippen LogP contribution in [0.4, 0.5) is 11.5 Å². The van der Waals surface area contributed by atoms with Crippen LogP contribution in [-0.4, -0.2) is 37.6 Å². The molecule has 114 valence electrons. The Balaban J connectivity index is 0.00000180. The molecule has 1 aromatic heterocycles. The Morgan fingerprint density at radius 3 is 2.70 bits per heavy atom. The van der Waals surface area contributed by atoms with Gasteiger partial charge >= 0.3 is 0 Å². The van der Waals surface area contributed by atoms with Gasteiger partial charge in [0.05, 0.1) is 11.9 Å². The maximum atomic E-state index is 11.8. The molecular weight excluding hydrogens is 299 g/mol. The second-order valence-corrected chi connectivity index (χ2v) is 4.84. The van der Waals surface area contributed by atoms with E-state index in [4.69, 9.17) is 0 Å². The minimum absolute atomic E-state index is 0. The summed E-state index contributed by atoms with van der Waals surface area (Å²) in [5.74, 6) is 0.642. The highest BCUT2D eigenvalue weighted by Crippen LogP contribution is 2.13. The Morgan fingerprint density at radius 2 is 2.20 bits per heavy atom. The van der Waals surface area contributed by atoms with Crippen LogP contribution in [0.2, 0.25) is 0 Å². The molecule has 0 spiro atoms. The zero-order valence-electron chi connectivity index (χ0n) is 11.8. The largest absolute Gasteiger partial charge is 0.376 e. The minimum atomic E-state index is 0. The number of anilines is 2. The number of aromatic nitrogens is 1. The van der Waals surface area contributed by atoms with E-state index in [2.05, 4.69) is 15.6 Å². The molecule has 1 amide bonds. The van der Waals surface area contributed by atoms with E-state index in [9.17, 15) is 4.79 Å². The molecular formula is C13H22Cl2N4O. The highest BCUT2D eigenvalue weighted by Gasteiger charge is 2.17. The first-order chi connectivity index (χ1) is 8.65. The molecule has 1 aliphatic rings. The van der Waals surface area contributed by atoms with Crippen molar-refractivity contribution in [3.8, 4) is 0 Å². The number of carbonyl (C=O) groups is 1. The van der Waals surface area contributed by atoms with Gasteiger partial charge in [-0.15, -0.1) is 24.8 Å². The molecule has 7 heteroatoms. The van der Waals surface area contributed by atoms with Gasteiger partial charge in [-0.25, -0.2) is 4.98 Å². The number of hydrogen-bond acceptors (Lipinski definition) is 4. The fourth-order valence-electron chi connectivity index (χ4n) is 2.07. The Morgan fingerprint density at radius 1 is 1.45 bits per heavy atom. The number of amides is 1. The van der Waals surface area contributed by atoms with Crippen molar-refractivity contribution < 1.29 is 4.79 Å². The molecule has 0 radical (unpaired) electrons. The average Bonchev–Trinajstić information content (AvgIpc) is 2.82. The summed E-state index contributed by atoms with van der Waals surface area (Å²) in [7, 11) is 3.92. The molecule has 1 aromatic rings. The first-order valence-corrected chi connectivity index (χ1v) is 6.32. The molecule has 20 heavy (non-hydrogen) atoms. The van der Waals surface area contributed by atoms with E-state index < -0.39 is 0 Å². The smallest absolute Gasteiger partial charge is 0.227 e. The molecule has 2 N–H and O–H groups in total. The number of nitrogens with one attached hydrogen (secondary N) is 2. The Labute approximate surface area is 132 Å². The van der Waals surface area contributed by atoms with E-state index >= 15 is 0 Å². The van der Waals surface area contributed by atoms with Crippen LogP contribution in [0.15, 0.2) is 18.3 Å². The van der Waals surface area contributed by atoms with E-state index in [0.29, 0.717) is 18.3 Å². The van der Waals surface area contributed by atoms with Crippen molar-refractivity contribution in [2.45, 2.75) is 25.3 Å². The van der Waals surface area contributed by atoms with Crippen molar-refractivity contribution in [1.29, 1.82) is 0 Å². The van der Waals surface area contributed by atoms with Crippen LogP contribution in [0.3, 0.4) is 0 Å². The summed E-state index contributed by atoms with van der Waals surface area (Å²) >= 11 is 0. The summed E-state index contributed by atoms with van der Waals surface area (Å²) in [5.41, 5.74) is 1.02. The summed E-state index contributed by atoms with van der Waals surface area (Å²) < 4.78 is 0. The normalized spacial score (nSPS) is 16.8. The van der Waals surface area contributed by atoms with E-state index in [1.54, 1.807) is 6.20 Å². The lowest BCUT2D eigenvalue weighted by atomic mass is 10.1. The first-order valence-electron chi connectivity index (χ1n) is 6.32. The Kier molecular flexibility index (Phi) is 8.53. The molecule has 1 saturated heterocycles. The number of pyridine rings is 1. The maximum absolute atomic E-state index is 11.8. The predicted molar refractivity (Wildman–Crippen MR) is 87.3 cm³/mol. The van der Waals surface area contributed by atoms with Gasteiger partial charge in [0.1, 0.15) is 5.82 Å². The summed E-state index contributed by atoms with van der Waals surface area (Å²) in [6.45, 7) is 1.02. The third-order valence-corrected chi connectivity index (χ3v) is 3.13. The van der Waals surface area contributed by atoms with Crippen LogP contribution in [0, 0.1) is 0 Å². The molecule has 1 atom stereocenters. The molecule has 0 aromatic carbocycles. The molecule has 1 fully saturated rings. The van der Waals surface area contributed by atoms with Gasteiger partial charge in [-0.3, -0.25) is 4.79 Å². The molecule has 1 unspecified atom stereocenters. The quantitative estimate of drug-likeness (QED) is 0.891. The summed E-state index contributed by atoms with van der Waals surface area (Å²) in [5, 5.41) is 6.14. The second kappa shape index (κ2) is 9.00. The number of hydrogen-bond donors (Lipinski definition) is 2. The van der Waals surface area contributed by atoms with Crippen molar-refractivity contribution in [2.75, 3.05) is 30.9 Å². The van der Waals surface area contributed by atoms with Crippen LogP contribution in [0.25, 0.3) is 0 Å². The third kappa shape index (κ3) is 5.53. The lowest BCUT2D eigenvalue weighted by molar-refractivity contribution is -0.116. The predicted octanol–water partition coefficient (Wildman–Crippen LogP) is 2.07. The van der Waals surface area contributed by atoms with Crippen molar-refractivity contribution >= 4 is 42.2 Å². The number of nitrogens with zero attached hydrogens (tertiary/aromatic N) is 2. The molecule has 1 aliphatic heterocycles. The Hall–Kier alpha value is -1.04. The van der Waals surface area contributed by atoms with Gasteiger partial charge in [0.15, 0.2) is 0 Å². The van der Waals surface area contributed by atoms with Gasteiger partial charge in [-0.1, -0.05) is 0 Å². The molecule has 5 nitrogen and oxygen atoms in total. The van der Waals surface area contributed by atoms with Crippen molar-refractivity contribution in [1.82, 2.24) is 10.3 Å². The highest BCUT2D eigenvalue weighted by molar-refractivity contribution is 5.90. The van der Waals surface area contributed by atoms with Crippen molar-refractivity contribution in [3.63, 3.8) is 0 Å². The molecule has 0 saturated carbocycles. The van der Waals surface area contributed by atoms with Gasteiger partial charge in [-0.2, -0.15) is 0 Å². The summed E-state index contributed by atoms with van der Waals surface area (Å²) in [4.78, 5) is 18.0. The van der Waals surface area contributed by atoms with E-state index in [1.807, 2.05) is 31.1 Å². The monoisotopic (exact) mass is 320 g/mol. The second-order valence-electron chi connectivity index (χ2n) is 4.84. The lowest BCUT2D eigenvalue weighted by Crippen LogP contribution is -2.27. The summed E-state index contributed by atoms with van der Waals surface area (Å²) in [6, 6.07) is 4.09. The van der Waals surface area contributed by atoms with E-state index in [0.717, 1.165) is 25.1 Å². The summed E-state index contributed by atoms with van der Waals surface area (Å²) in [6.07, 6.45) is 4.52. The van der Waals surface area contributed by atoms with E-state index in [-0.39, 0.29) is 30.7 Å². The van der Waals surface area contributed by atoms with Crippen LogP contribution >= 0.6 is 24.8 Å². The van der Waals surface area contributed by atoms with Crippen LogP contribution in [-0.2, 0) is 4.79 Å². The van der Waals surface area contributed by atoms with Gasteiger partial charge in [-0.05, 0) is 31.5 Å². The lowest BCUT2D eigenvalue weighted by Gasteiger charge is -2.13. The zero-order valence-corrected chi connectivity index (χ0v) is 13.4. The number of carbonyl (C=O) groups excluding carboxylic acids is 1. The number of rotatable bonds is 4. The maximum Gasteiger partial charge on any atom is 0.227 e. The SMILES string of the molecule is CN(C)c1ccc(NC(=O)CC2CCCN2)nc1.Cl.Cl. The van der Waals surface area contributed by atoms with Gasteiger partial charge in [0.25, 0.3) is 0 Å². The van der Waals surface area contributed by atoms with Crippen LogP contribution in [0.5, 0.6) is 0 Å². The molecule has 0 aliphatic carbocycles. The fourth-order valence-corrected chi connectivity index (χ4v) is 2.07. The van der Waals surface area contributed by atoms with Crippen LogP contribution in [0.1, 0.15) is 19.3 Å². The fraction of sp³-hybridized carbons (Fsp3) is 0.538. The van der Waals surface area contributed by atoms with Crippen molar-refractivity contribution in [3.05, 3.63) is 18.3 Å². The molecule has 0 bridgehead atoms. The Bertz CT molecular complexity index is 405. The topological polar surface area (TPSA) is 57.3 Å². The first kappa shape index (κ1) is 19.0. The van der Waals surface area contributed by atoms with Gasteiger partial charge < -0.3 is 15.5 Å². The van der Waals surface area contributed by atoms with Gasteiger partial charge in [0, 0.05) is 26.6 Å². The third-order valence-electron chi connectivity index (χ3n) is 3.13. The average molecular weight is 321 g/mol. The van der Waals surface area contributed by atoms with Crippen LogP contribution < -0.4 is 15.5 Å². The number of halogens is 2. The molecule has 2 heterocycles. The minimum Gasteiger partial charge on any atom is -0.376 e. The standard InChI is InChI=1S/C13H20N4O.2ClH/c1-17(2)11-5-6-12(15-9-11)16-13(18)8-10-4-3-7-14-10;;/h5-6,9-10,14H,3-4,7-8H2,1-2H3,(H,15,16,18);2*1H. The van der Waals surface area contributed by atoms with E-state index in [1.165, 1.54) is 0 Å². The molecule has 2 rings (SSSR count). The highest BCUT2D eigenvalue weighted by atomic mass is 35.5.